The Bertz CT molecular complexity index is 272. The lowest BCUT2D eigenvalue weighted by Gasteiger charge is -2.21. The lowest BCUT2D eigenvalue weighted by atomic mass is 10.2. The largest absolute Gasteiger partial charge is 0.464 e. The Morgan fingerprint density at radius 2 is 2.19 bits per heavy atom. The third kappa shape index (κ3) is 3.71. The van der Waals surface area contributed by atoms with Crippen LogP contribution in [0.5, 0.6) is 0 Å². The van der Waals surface area contributed by atoms with Gasteiger partial charge in [0, 0.05) is 19.2 Å². The summed E-state index contributed by atoms with van der Waals surface area (Å²) in [6.45, 7) is 3.73. The molecule has 0 unspecified atom stereocenters. The Morgan fingerprint density at radius 1 is 1.56 bits per heavy atom. The van der Waals surface area contributed by atoms with Gasteiger partial charge in [-0.3, -0.25) is 0 Å². The topological polar surface area (TPSA) is 82.8 Å². The zero-order chi connectivity index (χ0) is 12.0. The Balaban J connectivity index is 2.23. The summed E-state index contributed by atoms with van der Waals surface area (Å²) in [5, 5.41) is 2.90. The van der Waals surface area contributed by atoms with Crippen molar-refractivity contribution in [1.82, 2.24) is 5.32 Å². The number of hydrogen-bond acceptors (Lipinski definition) is 6. The minimum absolute atomic E-state index is 0.0425. The zero-order valence-corrected chi connectivity index (χ0v) is 9.62. The van der Waals surface area contributed by atoms with Gasteiger partial charge in [-0.15, -0.1) is 0 Å². The normalized spacial score (nSPS) is 19.5. The van der Waals surface area contributed by atoms with Crippen LogP contribution in [0.2, 0.25) is 0 Å². The third-order valence-electron chi connectivity index (χ3n) is 2.30. The molecule has 3 N–H and O–H groups in total. The Labute approximate surface area is 94.7 Å². The molecule has 1 heterocycles. The van der Waals surface area contributed by atoms with E-state index in [-0.39, 0.29) is 5.70 Å². The fourth-order valence-electron chi connectivity index (χ4n) is 1.36. The van der Waals surface area contributed by atoms with E-state index in [9.17, 15) is 4.79 Å². The summed E-state index contributed by atoms with van der Waals surface area (Å²) >= 11 is 0. The van der Waals surface area contributed by atoms with Gasteiger partial charge in [0.1, 0.15) is 5.70 Å². The molecule has 0 atom stereocenters. The Hall–Kier alpha value is -1.27. The van der Waals surface area contributed by atoms with Crippen molar-refractivity contribution < 1.29 is 19.0 Å². The maximum absolute atomic E-state index is 10.9. The van der Waals surface area contributed by atoms with Crippen LogP contribution in [-0.4, -0.2) is 38.6 Å². The highest BCUT2D eigenvalue weighted by Crippen LogP contribution is 2.21. The molecule has 1 fully saturated rings. The summed E-state index contributed by atoms with van der Waals surface area (Å²) in [5.41, 5.74) is 5.46. The van der Waals surface area contributed by atoms with E-state index in [1.807, 2.05) is 6.92 Å². The molecule has 16 heavy (non-hydrogen) atoms. The summed E-state index contributed by atoms with van der Waals surface area (Å²) in [5.74, 6) is -1.08. The first-order chi connectivity index (χ1) is 7.57. The average Bonchev–Trinajstić information content (AvgIpc) is 2.70. The monoisotopic (exact) mass is 230 g/mol. The van der Waals surface area contributed by atoms with Gasteiger partial charge in [0.15, 0.2) is 5.79 Å². The number of carbonyl (C=O) groups is 1. The van der Waals surface area contributed by atoms with E-state index in [2.05, 4.69) is 10.1 Å². The Kier molecular flexibility index (Phi) is 4.57. The molecule has 0 spiro atoms. The van der Waals surface area contributed by atoms with Gasteiger partial charge in [0.2, 0.25) is 0 Å². The first-order valence-electron chi connectivity index (χ1n) is 5.13. The van der Waals surface area contributed by atoms with E-state index >= 15 is 0 Å². The number of nitrogens with one attached hydrogen (secondary N) is 1. The summed E-state index contributed by atoms with van der Waals surface area (Å²) in [4.78, 5) is 10.9. The second kappa shape index (κ2) is 5.72. The van der Waals surface area contributed by atoms with Gasteiger partial charge < -0.3 is 25.3 Å². The number of rotatable bonds is 5. The van der Waals surface area contributed by atoms with Crippen LogP contribution >= 0.6 is 0 Å². The van der Waals surface area contributed by atoms with Crippen LogP contribution in [-0.2, 0) is 19.0 Å². The van der Waals surface area contributed by atoms with E-state index in [0.717, 1.165) is 0 Å². The van der Waals surface area contributed by atoms with E-state index in [1.165, 1.54) is 13.3 Å². The molecule has 0 radical (unpaired) electrons. The third-order valence-corrected chi connectivity index (χ3v) is 2.30. The van der Waals surface area contributed by atoms with E-state index in [4.69, 9.17) is 15.2 Å². The SMILES string of the molecule is COC(=O)/C(N)=C/NCCC1(C)OCCO1. The highest BCUT2D eigenvalue weighted by atomic mass is 16.7. The van der Waals surface area contributed by atoms with E-state index in [0.29, 0.717) is 26.2 Å². The van der Waals surface area contributed by atoms with Crippen LogP contribution in [0.4, 0.5) is 0 Å². The van der Waals surface area contributed by atoms with Gasteiger partial charge in [0.25, 0.3) is 0 Å². The smallest absolute Gasteiger partial charge is 0.355 e. The van der Waals surface area contributed by atoms with Gasteiger partial charge in [0.05, 0.1) is 20.3 Å². The molecule has 0 aliphatic carbocycles. The van der Waals surface area contributed by atoms with Crippen LogP contribution in [0.1, 0.15) is 13.3 Å². The van der Waals surface area contributed by atoms with Gasteiger partial charge in [-0.2, -0.15) is 0 Å². The number of nitrogens with two attached hydrogens (primary N) is 1. The Morgan fingerprint density at radius 3 is 2.75 bits per heavy atom. The van der Waals surface area contributed by atoms with E-state index < -0.39 is 11.8 Å². The molecule has 0 amide bonds. The number of ether oxygens (including phenoxy) is 3. The molecule has 1 rings (SSSR count). The predicted octanol–water partition coefficient (Wildman–Crippen LogP) is -0.298. The van der Waals surface area contributed by atoms with Crippen LogP contribution < -0.4 is 11.1 Å². The van der Waals surface area contributed by atoms with Crippen molar-refractivity contribution in [2.75, 3.05) is 26.9 Å². The highest BCUT2D eigenvalue weighted by molar-refractivity contribution is 5.86. The lowest BCUT2D eigenvalue weighted by molar-refractivity contribution is -0.145. The summed E-state index contributed by atoms with van der Waals surface area (Å²) in [7, 11) is 1.28. The van der Waals surface area contributed by atoms with Gasteiger partial charge in [-0.05, 0) is 6.92 Å². The molecule has 1 aliphatic heterocycles. The fourth-order valence-corrected chi connectivity index (χ4v) is 1.36. The standard InChI is InChI=1S/C10H18N2O4/c1-10(15-5-6-16-10)3-4-12-7-8(11)9(13)14-2/h7,12H,3-6,11H2,1-2H3/b8-7-. The van der Waals surface area contributed by atoms with Crippen molar-refractivity contribution in [3.8, 4) is 0 Å². The van der Waals surface area contributed by atoms with Crippen LogP contribution in [0, 0.1) is 0 Å². The molecule has 0 aromatic carbocycles. The molecule has 0 aromatic rings. The molecule has 6 heteroatoms. The van der Waals surface area contributed by atoms with E-state index in [1.54, 1.807) is 0 Å². The number of carbonyl (C=O) groups excluding carboxylic acids is 1. The number of hydrogen-bond donors (Lipinski definition) is 2. The van der Waals surface area contributed by atoms with Crippen LogP contribution in [0.15, 0.2) is 11.9 Å². The molecule has 6 nitrogen and oxygen atoms in total. The van der Waals surface area contributed by atoms with Gasteiger partial charge in [-0.1, -0.05) is 0 Å². The average molecular weight is 230 g/mol. The molecular formula is C10H18N2O4. The van der Waals surface area contributed by atoms with Crippen LogP contribution in [0.25, 0.3) is 0 Å². The summed E-state index contributed by atoms with van der Waals surface area (Å²) in [6.07, 6.45) is 2.10. The predicted molar refractivity (Wildman–Crippen MR) is 57.2 cm³/mol. The van der Waals surface area contributed by atoms with Crippen molar-refractivity contribution in [1.29, 1.82) is 0 Å². The first-order valence-corrected chi connectivity index (χ1v) is 5.13. The second-order valence-corrected chi connectivity index (χ2v) is 3.63. The molecule has 0 aromatic heterocycles. The quantitative estimate of drug-likeness (QED) is 0.383. The minimum atomic E-state index is -0.549. The summed E-state index contributed by atoms with van der Waals surface area (Å²) < 4.78 is 15.3. The molecule has 0 saturated carbocycles. The highest BCUT2D eigenvalue weighted by Gasteiger charge is 2.29. The van der Waals surface area contributed by atoms with Crippen molar-refractivity contribution in [3.63, 3.8) is 0 Å². The van der Waals surface area contributed by atoms with Crippen molar-refractivity contribution in [3.05, 3.63) is 11.9 Å². The minimum Gasteiger partial charge on any atom is -0.464 e. The van der Waals surface area contributed by atoms with Crippen LogP contribution in [0.3, 0.4) is 0 Å². The summed E-state index contributed by atoms with van der Waals surface area (Å²) in [6, 6.07) is 0. The van der Waals surface area contributed by atoms with Crippen molar-refractivity contribution in [2.45, 2.75) is 19.1 Å². The number of methoxy groups -OCH3 is 1. The lowest BCUT2D eigenvalue weighted by Crippen LogP contribution is -2.30. The van der Waals surface area contributed by atoms with Gasteiger partial charge in [-0.25, -0.2) is 4.79 Å². The molecule has 1 saturated heterocycles. The first kappa shape index (κ1) is 12.8. The molecule has 0 bridgehead atoms. The fraction of sp³-hybridized carbons (Fsp3) is 0.700. The molecule has 1 aliphatic rings. The maximum Gasteiger partial charge on any atom is 0.355 e. The second-order valence-electron chi connectivity index (χ2n) is 3.63. The van der Waals surface area contributed by atoms with Crippen molar-refractivity contribution >= 4 is 5.97 Å². The molecular weight excluding hydrogens is 212 g/mol. The maximum atomic E-state index is 10.9. The number of esters is 1. The van der Waals surface area contributed by atoms with Gasteiger partial charge >= 0.3 is 5.97 Å². The van der Waals surface area contributed by atoms with Crippen molar-refractivity contribution in [2.24, 2.45) is 5.73 Å². The zero-order valence-electron chi connectivity index (χ0n) is 9.62. The molecule has 92 valence electrons.